The number of hydrogen-bond donors (Lipinski definition) is 0. The van der Waals surface area contributed by atoms with Crippen LogP contribution >= 0.6 is 11.6 Å². The average Bonchev–Trinajstić information content (AvgIpc) is 3.24. The van der Waals surface area contributed by atoms with Crippen molar-refractivity contribution in [1.29, 1.82) is 0 Å². The van der Waals surface area contributed by atoms with Gasteiger partial charge in [0.15, 0.2) is 0 Å². The van der Waals surface area contributed by atoms with Gasteiger partial charge in [-0.2, -0.15) is 0 Å². The van der Waals surface area contributed by atoms with Gasteiger partial charge in [-0.3, -0.25) is 4.79 Å². The predicted octanol–water partition coefficient (Wildman–Crippen LogP) is 4.84. The molecule has 0 unspecified atom stereocenters. The Morgan fingerprint density at radius 2 is 2.00 bits per heavy atom. The summed E-state index contributed by atoms with van der Waals surface area (Å²) in [7, 11) is 0. The first-order chi connectivity index (χ1) is 14.6. The van der Waals surface area contributed by atoms with Gasteiger partial charge in [-0.25, -0.2) is 4.79 Å². The number of carbonyl (C=O) groups is 2. The molecule has 0 aromatic heterocycles. The second-order valence-electron chi connectivity index (χ2n) is 7.54. The lowest BCUT2D eigenvalue weighted by molar-refractivity contribution is -0.141. The number of benzene rings is 2. The minimum Gasteiger partial charge on any atom is -0.493 e. The molecule has 1 aliphatic carbocycles. The Morgan fingerprint density at radius 1 is 1.17 bits per heavy atom. The highest BCUT2D eigenvalue weighted by Gasteiger charge is 2.50. The zero-order chi connectivity index (χ0) is 20.9. The second kappa shape index (κ2) is 9.35. The van der Waals surface area contributed by atoms with E-state index < -0.39 is 0 Å². The predicted molar refractivity (Wildman–Crippen MR) is 112 cm³/mol. The van der Waals surface area contributed by atoms with Crippen molar-refractivity contribution < 1.29 is 23.8 Å². The third kappa shape index (κ3) is 4.85. The molecule has 2 aliphatic rings. The van der Waals surface area contributed by atoms with Crippen LogP contribution in [0.2, 0.25) is 5.02 Å². The lowest BCUT2D eigenvalue weighted by Gasteiger charge is -2.20. The SMILES string of the molecule is O=C1C[C@@H]2[C@@H](C=CCCOc3cccc(Cl)c3)[C@H](OC(=O)c3ccccc3)C[C@@H]2O1. The second-order valence-corrected chi connectivity index (χ2v) is 7.98. The van der Waals surface area contributed by atoms with Crippen molar-refractivity contribution in [3.63, 3.8) is 0 Å². The van der Waals surface area contributed by atoms with E-state index >= 15 is 0 Å². The molecule has 30 heavy (non-hydrogen) atoms. The zero-order valence-corrected chi connectivity index (χ0v) is 17.2. The Hall–Kier alpha value is -2.79. The maximum atomic E-state index is 12.5. The summed E-state index contributed by atoms with van der Waals surface area (Å²) in [5.74, 6) is 0.174. The van der Waals surface area contributed by atoms with Crippen LogP contribution in [-0.2, 0) is 14.3 Å². The van der Waals surface area contributed by atoms with Gasteiger partial charge in [0.25, 0.3) is 0 Å². The molecule has 4 atom stereocenters. The molecule has 5 nitrogen and oxygen atoms in total. The molecule has 2 aromatic carbocycles. The van der Waals surface area contributed by atoms with Gasteiger partial charge < -0.3 is 14.2 Å². The van der Waals surface area contributed by atoms with Crippen molar-refractivity contribution in [1.82, 2.24) is 0 Å². The van der Waals surface area contributed by atoms with E-state index in [1.807, 2.05) is 30.4 Å². The van der Waals surface area contributed by atoms with Crippen molar-refractivity contribution >= 4 is 23.5 Å². The maximum absolute atomic E-state index is 12.5. The summed E-state index contributed by atoms with van der Waals surface area (Å²) in [4.78, 5) is 24.2. The van der Waals surface area contributed by atoms with Crippen molar-refractivity contribution in [2.45, 2.75) is 31.5 Å². The molecule has 1 saturated carbocycles. The molecule has 156 valence electrons. The monoisotopic (exact) mass is 426 g/mol. The van der Waals surface area contributed by atoms with Crippen LogP contribution in [0.3, 0.4) is 0 Å². The fourth-order valence-corrected chi connectivity index (χ4v) is 4.31. The summed E-state index contributed by atoms with van der Waals surface area (Å²) >= 11 is 5.96. The number of carbonyl (C=O) groups excluding carboxylic acids is 2. The normalized spacial score (nSPS) is 25.2. The Bertz CT molecular complexity index is 926. The first-order valence-corrected chi connectivity index (χ1v) is 10.5. The van der Waals surface area contributed by atoms with E-state index in [-0.39, 0.29) is 36.0 Å². The standard InChI is InChI=1S/C24H23ClO5/c25-17-9-6-10-18(13-17)28-12-5-4-11-19-20-14-23(26)29-22(20)15-21(19)30-24(27)16-7-2-1-3-8-16/h1-4,6-11,13,19-22H,5,12,14-15H2/t19-,20-,21-,22+/m1/s1. The van der Waals surface area contributed by atoms with E-state index in [0.29, 0.717) is 36.5 Å². The van der Waals surface area contributed by atoms with E-state index in [4.69, 9.17) is 25.8 Å². The number of halogens is 1. The van der Waals surface area contributed by atoms with Gasteiger partial charge >= 0.3 is 11.9 Å². The molecule has 1 heterocycles. The molecule has 1 saturated heterocycles. The van der Waals surface area contributed by atoms with Crippen LogP contribution in [0.15, 0.2) is 66.7 Å². The first-order valence-electron chi connectivity index (χ1n) is 10.1. The lowest BCUT2D eigenvalue weighted by Crippen LogP contribution is -2.24. The van der Waals surface area contributed by atoms with Gasteiger partial charge in [0.05, 0.1) is 18.6 Å². The van der Waals surface area contributed by atoms with Gasteiger partial charge in [0.2, 0.25) is 0 Å². The molecule has 0 bridgehead atoms. The molecule has 2 aromatic rings. The molecule has 4 rings (SSSR count). The van der Waals surface area contributed by atoms with Gasteiger partial charge in [-0.05, 0) is 36.8 Å². The molecule has 0 spiro atoms. The number of hydrogen-bond acceptors (Lipinski definition) is 5. The fraction of sp³-hybridized carbons (Fsp3) is 0.333. The van der Waals surface area contributed by atoms with Crippen molar-refractivity contribution in [2.75, 3.05) is 6.61 Å². The third-order valence-electron chi connectivity index (χ3n) is 5.53. The van der Waals surface area contributed by atoms with Gasteiger partial charge in [0.1, 0.15) is 18.0 Å². The van der Waals surface area contributed by atoms with Gasteiger partial charge in [-0.15, -0.1) is 0 Å². The lowest BCUT2D eigenvalue weighted by atomic mass is 9.91. The number of rotatable bonds is 7. The Morgan fingerprint density at radius 3 is 2.80 bits per heavy atom. The van der Waals surface area contributed by atoms with Crippen molar-refractivity contribution in [3.05, 3.63) is 77.3 Å². The highest BCUT2D eigenvalue weighted by atomic mass is 35.5. The largest absolute Gasteiger partial charge is 0.493 e. The number of esters is 2. The highest BCUT2D eigenvalue weighted by Crippen LogP contribution is 2.43. The van der Waals surface area contributed by atoms with E-state index in [9.17, 15) is 9.59 Å². The summed E-state index contributed by atoms with van der Waals surface area (Å²) in [6, 6.07) is 16.2. The zero-order valence-electron chi connectivity index (χ0n) is 16.4. The van der Waals surface area contributed by atoms with E-state index in [2.05, 4.69) is 0 Å². The fourth-order valence-electron chi connectivity index (χ4n) is 4.12. The van der Waals surface area contributed by atoms with Gasteiger partial charge in [0, 0.05) is 23.3 Å². The smallest absolute Gasteiger partial charge is 0.338 e. The molecule has 0 radical (unpaired) electrons. The quantitative estimate of drug-likeness (QED) is 0.360. The van der Waals surface area contributed by atoms with Crippen LogP contribution in [0.1, 0.15) is 29.6 Å². The average molecular weight is 427 g/mol. The number of ether oxygens (including phenoxy) is 3. The molecular weight excluding hydrogens is 404 g/mol. The minimum atomic E-state index is -0.352. The van der Waals surface area contributed by atoms with Gasteiger partial charge in [-0.1, -0.05) is 48.0 Å². The van der Waals surface area contributed by atoms with Crippen LogP contribution < -0.4 is 4.74 Å². The van der Waals surface area contributed by atoms with Crippen molar-refractivity contribution in [2.24, 2.45) is 11.8 Å². The molecule has 1 aliphatic heterocycles. The minimum absolute atomic E-state index is 0.0381. The molecule has 6 heteroatoms. The number of fused-ring (bicyclic) bond motifs is 1. The van der Waals surface area contributed by atoms with E-state index in [1.54, 1.807) is 36.4 Å². The molecule has 0 amide bonds. The summed E-state index contributed by atoms with van der Waals surface area (Å²) in [5, 5.41) is 0.633. The summed E-state index contributed by atoms with van der Waals surface area (Å²) in [6.45, 7) is 0.502. The Labute approximate surface area is 180 Å². The molecule has 0 N–H and O–H groups in total. The summed E-state index contributed by atoms with van der Waals surface area (Å²) in [6.07, 6.45) is 5.13. The van der Waals surface area contributed by atoms with Crippen LogP contribution in [0, 0.1) is 11.8 Å². The third-order valence-corrected chi connectivity index (χ3v) is 5.76. The summed E-state index contributed by atoms with van der Waals surface area (Å²) in [5.41, 5.74) is 0.518. The highest BCUT2D eigenvalue weighted by molar-refractivity contribution is 6.30. The summed E-state index contributed by atoms with van der Waals surface area (Å²) < 4.78 is 16.9. The van der Waals surface area contributed by atoms with Crippen LogP contribution in [-0.4, -0.2) is 30.8 Å². The molecule has 2 fully saturated rings. The van der Waals surface area contributed by atoms with E-state index in [1.165, 1.54) is 0 Å². The van der Waals surface area contributed by atoms with Crippen LogP contribution in [0.4, 0.5) is 0 Å². The topological polar surface area (TPSA) is 61.8 Å². The first kappa shape index (κ1) is 20.5. The Balaban J connectivity index is 1.36. The molecular formula is C24H23ClO5. The van der Waals surface area contributed by atoms with Crippen molar-refractivity contribution in [3.8, 4) is 5.75 Å². The van der Waals surface area contributed by atoms with Crippen LogP contribution in [0.25, 0.3) is 0 Å². The van der Waals surface area contributed by atoms with E-state index in [0.717, 1.165) is 5.75 Å². The van der Waals surface area contributed by atoms with Crippen LogP contribution in [0.5, 0.6) is 5.75 Å². The maximum Gasteiger partial charge on any atom is 0.338 e. The Kier molecular flexibility index (Phi) is 6.38.